The third-order valence-electron chi connectivity index (χ3n) is 2.31. The molecule has 1 aromatic carbocycles. The Kier molecular flexibility index (Phi) is 3.32. The van der Waals surface area contributed by atoms with Crippen molar-refractivity contribution in [2.75, 3.05) is 5.32 Å². The van der Waals surface area contributed by atoms with Crippen molar-refractivity contribution in [3.05, 3.63) is 40.3 Å². The highest BCUT2D eigenvalue weighted by atomic mass is 32.2. The van der Waals surface area contributed by atoms with Gasteiger partial charge in [-0.05, 0) is 31.2 Å². The van der Waals surface area contributed by atoms with Crippen LogP contribution in [-0.4, -0.2) is 23.6 Å². The predicted molar refractivity (Wildman–Crippen MR) is 68.5 cm³/mol. The molecule has 8 nitrogen and oxygen atoms in total. The van der Waals surface area contributed by atoms with Crippen LogP contribution in [0.5, 0.6) is 0 Å². The molecule has 0 atom stereocenters. The number of anilines is 2. The third kappa shape index (κ3) is 3.14. The zero-order valence-electron chi connectivity index (χ0n) is 9.91. The molecule has 0 radical (unpaired) electrons. The summed E-state index contributed by atoms with van der Waals surface area (Å²) >= 11 is 0. The van der Waals surface area contributed by atoms with Gasteiger partial charge in [0.25, 0.3) is 5.56 Å². The molecule has 1 heterocycles. The van der Waals surface area contributed by atoms with E-state index in [-0.39, 0.29) is 22.1 Å². The Morgan fingerprint density at radius 3 is 2.37 bits per heavy atom. The van der Waals surface area contributed by atoms with E-state index in [0.717, 1.165) is 0 Å². The Bertz CT molecular complexity index is 751. The van der Waals surface area contributed by atoms with Crippen LogP contribution in [0.15, 0.2) is 34.0 Å². The first-order valence-electron chi connectivity index (χ1n) is 5.20. The van der Waals surface area contributed by atoms with Gasteiger partial charge in [-0.2, -0.15) is 0 Å². The fraction of sp³-hybridized carbons (Fsp3) is 0.100. The van der Waals surface area contributed by atoms with Crippen molar-refractivity contribution in [3.8, 4) is 0 Å². The quantitative estimate of drug-likeness (QED) is 0.718. The van der Waals surface area contributed by atoms with Crippen LogP contribution in [0, 0.1) is 6.92 Å². The molecule has 0 spiro atoms. The summed E-state index contributed by atoms with van der Waals surface area (Å²) in [7, 11) is -3.72. The van der Waals surface area contributed by atoms with Crippen LogP contribution in [-0.2, 0) is 10.0 Å². The highest BCUT2D eigenvalue weighted by Gasteiger charge is 2.07. The summed E-state index contributed by atoms with van der Waals surface area (Å²) < 4.78 is 22.1. The number of rotatable bonds is 3. The topological polar surface area (TPSA) is 131 Å². The Morgan fingerprint density at radius 2 is 1.84 bits per heavy atom. The molecule has 0 aliphatic rings. The van der Waals surface area contributed by atoms with E-state index >= 15 is 0 Å². The highest BCUT2D eigenvalue weighted by molar-refractivity contribution is 7.89. The fourth-order valence-corrected chi connectivity index (χ4v) is 1.83. The van der Waals surface area contributed by atoms with E-state index < -0.39 is 10.0 Å². The van der Waals surface area contributed by atoms with Gasteiger partial charge in [-0.15, -0.1) is 10.2 Å². The fourth-order valence-electron chi connectivity index (χ4n) is 1.31. The maximum atomic E-state index is 11.3. The van der Waals surface area contributed by atoms with E-state index in [2.05, 4.69) is 20.5 Å². The molecule has 4 N–H and O–H groups in total. The van der Waals surface area contributed by atoms with Crippen LogP contribution in [0.1, 0.15) is 5.69 Å². The first-order valence-corrected chi connectivity index (χ1v) is 6.74. The molecular formula is C10H11N5O3S. The molecule has 0 saturated carbocycles. The Balaban J connectivity index is 2.24. The number of nitrogens with two attached hydrogens (primary N) is 1. The van der Waals surface area contributed by atoms with E-state index in [4.69, 9.17) is 5.14 Å². The Morgan fingerprint density at radius 1 is 1.21 bits per heavy atom. The first-order chi connectivity index (χ1) is 8.86. The lowest BCUT2D eigenvalue weighted by Crippen LogP contribution is -2.15. The zero-order valence-corrected chi connectivity index (χ0v) is 10.7. The minimum atomic E-state index is -3.72. The van der Waals surface area contributed by atoms with E-state index in [9.17, 15) is 13.2 Å². The van der Waals surface area contributed by atoms with Gasteiger partial charge in [-0.25, -0.2) is 13.6 Å². The number of benzene rings is 1. The number of aryl methyl sites for hydroxylation is 1. The Labute approximate surface area is 108 Å². The smallest absolute Gasteiger partial charge is 0.273 e. The number of sulfonamides is 1. The van der Waals surface area contributed by atoms with Crippen molar-refractivity contribution in [1.29, 1.82) is 0 Å². The maximum absolute atomic E-state index is 11.3. The van der Waals surface area contributed by atoms with Gasteiger partial charge in [-0.1, -0.05) is 0 Å². The van der Waals surface area contributed by atoms with Crippen LogP contribution >= 0.6 is 0 Å². The van der Waals surface area contributed by atoms with Crippen molar-refractivity contribution in [2.24, 2.45) is 5.14 Å². The number of aromatic nitrogens is 3. The molecule has 0 fully saturated rings. The van der Waals surface area contributed by atoms with Crippen LogP contribution in [0.25, 0.3) is 0 Å². The van der Waals surface area contributed by atoms with Gasteiger partial charge in [0.15, 0.2) is 0 Å². The lowest BCUT2D eigenvalue weighted by atomic mass is 10.3. The van der Waals surface area contributed by atoms with Gasteiger partial charge in [-0.3, -0.25) is 9.78 Å². The van der Waals surface area contributed by atoms with Crippen molar-refractivity contribution in [2.45, 2.75) is 11.8 Å². The third-order valence-corrected chi connectivity index (χ3v) is 3.24. The molecule has 2 aromatic rings. The van der Waals surface area contributed by atoms with E-state index in [1.54, 1.807) is 0 Å². The second-order valence-corrected chi connectivity index (χ2v) is 5.34. The summed E-state index contributed by atoms with van der Waals surface area (Å²) in [6.45, 7) is 1.54. The molecular weight excluding hydrogens is 270 g/mol. The molecule has 0 amide bonds. The summed E-state index contributed by atoms with van der Waals surface area (Å²) in [6.07, 6.45) is 0. The summed E-state index contributed by atoms with van der Waals surface area (Å²) in [6, 6.07) is 5.69. The summed E-state index contributed by atoms with van der Waals surface area (Å²) in [4.78, 5) is 13.8. The monoisotopic (exact) mass is 281 g/mol. The summed E-state index contributed by atoms with van der Waals surface area (Å²) in [5, 5.41) is 15.2. The molecule has 0 aliphatic heterocycles. The standard InChI is InChI=1S/C10H11N5O3S/c1-6-9(16)13-10(15-14-6)12-7-2-4-8(5-3-7)19(11,17)18/h2-5H,1H3,(H2,11,17,18)(H2,12,13,15,16). The average Bonchev–Trinajstić information content (AvgIpc) is 2.33. The van der Waals surface area contributed by atoms with Crippen LogP contribution < -0.4 is 16.0 Å². The van der Waals surface area contributed by atoms with Crippen molar-refractivity contribution < 1.29 is 8.42 Å². The number of hydrogen-bond donors (Lipinski definition) is 3. The molecule has 0 bridgehead atoms. The van der Waals surface area contributed by atoms with Crippen molar-refractivity contribution >= 4 is 21.7 Å². The van der Waals surface area contributed by atoms with Gasteiger partial charge in [0.2, 0.25) is 16.0 Å². The molecule has 100 valence electrons. The second-order valence-electron chi connectivity index (χ2n) is 3.78. The molecule has 0 unspecified atom stereocenters. The van der Waals surface area contributed by atoms with Crippen molar-refractivity contribution in [3.63, 3.8) is 0 Å². The lowest BCUT2D eigenvalue weighted by molar-refractivity contribution is 0.598. The van der Waals surface area contributed by atoms with Crippen LogP contribution in [0.2, 0.25) is 0 Å². The van der Waals surface area contributed by atoms with E-state index in [1.165, 1.54) is 31.2 Å². The van der Waals surface area contributed by atoms with Gasteiger partial charge < -0.3 is 5.32 Å². The van der Waals surface area contributed by atoms with Crippen LogP contribution in [0.4, 0.5) is 11.6 Å². The number of nitrogens with zero attached hydrogens (tertiary/aromatic N) is 2. The van der Waals surface area contributed by atoms with E-state index in [1.807, 2.05) is 0 Å². The molecule has 2 rings (SSSR count). The van der Waals surface area contributed by atoms with Gasteiger partial charge in [0.1, 0.15) is 5.69 Å². The molecule has 1 aromatic heterocycles. The van der Waals surface area contributed by atoms with Gasteiger partial charge >= 0.3 is 0 Å². The molecule has 0 aliphatic carbocycles. The largest absolute Gasteiger partial charge is 0.324 e. The lowest BCUT2D eigenvalue weighted by Gasteiger charge is -2.05. The van der Waals surface area contributed by atoms with Gasteiger partial charge in [0, 0.05) is 5.69 Å². The zero-order chi connectivity index (χ0) is 14.0. The number of primary sulfonamides is 1. The van der Waals surface area contributed by atoms with Crippen LogP contribution in [0.3, 0.4) is 0 Å². The van der Waals surface area contributed by atoms with E-state index in [0.29, 0.717) is 5.69 Å². The number of hydrogen-bond acceptors (Lipinski definition) is 6. The Hall–Kier alpha value is -2.26. The number of nitrogens with one attached hydrogen (secondary N) is 2. The summed E-state index contributed by atoms with van der Waals surface area (Å²) in [5.74, 6) is 0.166. The second kappa shape index (κ2) is 4.78. The number of aromatic amines is 1. The first kappa shape index (κ1) is 13.2. The number of H-pyrrole nitrogens is 1. The minimum Gasteiger partial charge on any atom is -0.324 e. The molecule has 0 saturated heterocycles. The van der Waals surface area contributed by atoms with Crippen molar-refractivity contribution in [1.82, 2.24) is 15.2 Å². The van der Waals surface area contributed by atoms with Gasteiger partial charge in [0.05, 0.1) is 4.90 Å². The molecule has 9 heteroatoms. The average molecular weight is 281 g/mol. The SMILES string of the molecule is Cc1nnc(Nc2ccc(S(N)(=O)=O)cc2)[nH]c1=O. The predicted octanol–water partition coefficient (Wildman–Crippen LogP) is -0.136. The highest BCUT2D eigenvalue weighted by Crippen LogP contribution is 2.14. The minimum absolute atomic E-state index is 0.00142. The maximum Gasteiger partial charge on any atom is 0.273 e. The normalized spacial score (nSPS) is 11.3. The molecule has 19 heavy (non-hydrogen) atoms. The summed E-state index contributed by atoms with van der Waals surface area (Å²) in [5.41, 5.74) is 0.454.